The van der Waals surface area contributed by atoms with E-state index in [2.05, 4.69) is 185 Å². The van der Waals surface area contributed by atoms with E-state index in [0.717, 1.165) is 68.0 Å². The van der Waals surface area contributed by atoms with Crippen LogP contribution in [0.2, 0.25) is 0 Å². The van der Waals surface area contributed by atoms with E-state index in [1.165, 1.54) is 55.2 Å². The largest absolute Gasteiger partial charge is 0.456 e. The van der Waals surface area contributed by atoms with E-state index >= 15 is 0 Å². The molecule has 0 spiro atoms. The van der Waals surface area contributed by atoms with E-state index in [1.807, 2.05) is 18.2 Å². The number of fused-ring (bicyclic) bond motifs is 9. The number of allylic oxidation sites excluding steroid dienone is 4. The molecule has 266 valence electrons. The predicted octanol–water partition coefficient (Wildman–Crippen LogP) is 14.4. The van der Waals surface area contributed by atoms with E-state index in [0.29, 0.717) is 0 Å². The standard InChI is InChI=1S/C54H34N2O/c1-2-11-35(12-3-1)36-21-23-37(24-22-36)38-13-10-14-39(31-38)40-25-29-51-47(32-40)44-16-5-8-19-50(44)55(51)42-26-28-45-43-15-4-7-18-49(43)56(52(45)34-42)41-27-30-54-48(33-41)46-17-6-9-20-53(46)57-54/h1-2,5-11,13-14,16-34H,3,12H2. The second-order valence-corrected chi connectivity index (χ2v) is 15.1. The van der Waals surface area contributed by atoms with Gasteiger partial charge in [-0.3, -0.25) is 0 Å². The molecule has 11 aromatic rings. The van der Waals surface area contributed by atoms with Crippen LogP contribution in [0.3, 0.4) is 0 Å². The minimum Gasteiger partial charge on any atom is -0.456 e. The van der Waals surface area contributed by atoms with Crippen LogP contribution >= 0.6 is 0 Å². The highest BCUT2D eigenvalue weighted by Gasteiger charge is 2.18. The minimum absolute atomic E-state index is 0.886. The maximum atomic E-state index is 6.21. The van der Waals surface area contributed by atoms with Gasteiger partial charge >= 0.3 is 0 Å². The number of aromatic nitrogens is 2. The molecular formula is C54H34N2O. The molecule has 3 nitrogen and oxygen atoms in total. The zero-order chi connectivity index (χ0) is 37.5. The van der Waals surface area contributed by atoms with Gasteiger partial charge in [-0.15, -0.1) is 0 Å². The van der Waals surface area contributed by atoms with Crippen molar-refractivity contribution in [2.45, 2.75) is 12.8 Å². The van der Waals surface area contributed by atoms with Gasteiger partial charge in [-0.25, -0.2) is 0 Å². The third-order valence-corrected chi connectivity index (χ3v) is 11.9. The fraction of sp³-hybridized carbons (Fsp3) is 0.0370. The van der Waals surface area contributed by atoms with Gasteiger partial charge in [0.05, 0.1) is 27.5 Å². The van der Waals surface area contributed by atoms with Gasteiger partial charge in [-0.1, -0.05) is 115 Å². The van der Waals surface area contributed by atoms with Crippen molar-refractivity contribution in [3.05, 3.63) is 200 Å². The van der Waals surface area contributed by atoms with Gasteiger partial charge in [0.1, 0.15) is 11.2 Å². The molecule has 3 heterocycles. The summed E-state index contributed by atoms with van der Waals surface area (Å²) in [5.41, 5.74) is 16.1. The van der Waals surface area contributed by atoms with Gasteiger partial charge in [-0.05, 0) is 125 Å². The quantitative estimate of drug-likeness (QED) is 0.173. The Labute approximate surface area is 329 Å². The number of para-hydroxylation sites is 2. The number of furan rings is 1. The first-order valence-electron chi connectivity index (χ1n) is 19.6. The van der Waals surface area contributed by atoms with Crippen LogP contribution in [0.5, 0.6) is 0 Å². The number of rotatable bonds is 5. The van der Waals surface area contributed by atoms with Crippen molar-refractivity contribution in [1.82, 2.24) is 9.13 Å². The van der Waals surface area contributed by atoms with Gasteiger partial charge in [0.2, 0.25) is 0 Å². The van der Waals surface area contributed by atoms with Crippen LogP contribution in [-0.4, -0.2) is 9.13 Å². The monoisotopic (exact) mass is 726 g/mol. The Hall–Kier alpha value is -7.54. The minimum atomic E-state index is 0.886. The van der Waals surface area contributed by atoms with E-state index in [-0.39, 0.29) is 0 Å². The molecule has 0 saturated heterocycles. The molecule has 1 aliphatic carbocycles. The van der Waals surface area contributed by atoms with Crippen molar-refractivity contribution in [2.75, 3.05) is 0 Å². The van der Waals surface area contributed by atoms with E-state index < -0.39 is 0 Å². The lowest BCUT2D eigenvalue weighted by Crippen LogP contribution is -1.97. The van der Waals surface area contributed by atoms with Crippen LogP contribution < -0.4 is 0 Å². The van der Waals surface area contributed by atoms with E-state index in [1.54, 1.807) is 0 Å². The molecule has 0 aliphatic heterocycles. The van der Waals surface area contributed by atoms with Crippen molar-refractivity contribution in [3.8, 4) is 33.6 Å². The zero-order valence-electron chi connectivity index (χ0n) is 31.0. The Kier molecular flexibility index (Phi) is 6.97. The summed E-state index contributed by atoms with van der Waals surface area (Å²) in [4.78, 5) is 0. The first-order valence-corrected chi connectivity index (χ1v) is 19.6. The Morgan fingerprint density at radius 2 is 1.18 bits per heavy atom. The highest BCUT2D eigenvalue weighted by molar-refractivity contribution is 6.13. The van der Waals surface area contributed by atoms with Crippen molar-refractivity contribution in [3.63, 3.8) is 0 Å². The summed E-state index contributed by atoms with van der Waals surface area (Å²) in [5, 5.41) is 6.88. The summed E-state index contributed by atoms with van der Waals surface area (Å²) >= 11 is 0. The molecule has 12 rings (SSSR count). The van der Waals surface area contributed by atoms with Crippen molar-refractivity contribution in [1.29, 1.82) is 0 Å². The van der Waals surface area contributed by atoms with Crippen molar-refractivity contribution in [2.24, 2.45) is 0 Å². The second-order valence-electron chi connectivity index (χ2n) is 15.1. The average molecular weight is 727 g/mol. The fourth-order valence-corrected chi connectivity index (χ4v) is 9.12. The first kappa shape index (κ1) is 31.8. The Bertz CT molecular complexity index is 3460. The first-order chi connectivity index (χ1) is 28.2. The molecule has 3 heteroatoms. The molecule has 0 atom stereocenters. The van der Waals surface area contributed by atoms with Gasteiger partial charge < -0.3 is 13.6 Å². The molecule has 3 aromatic heterocycles. The Morgan fingerprint density at radius 3 is 2.07 bits per heavy atom. The van der Waals surface area contributed by atoms with E-state index in [4.69, 9.17) is 4.42 Å². The summed E-state index contributed by atoms with van der Waals surface area (Å²) in [6, 6.07) is 66.0. The molecule has 8 aromatic carbocycles. The molecule has 0 N–H and O–H groups in total. The fourth-order valence-electron chi connectivity index (χ4n) is 9.12. The van der Waals surface area contributed by atoms with Gasteiger partial charge in [0.15, 0.2) is 0 Å². The number of nitrogens with zero attached hydrogens (tertiary/aromatic N) is 2. The van der Waals surface area contributed by atoms with Gasteiger partial charge in [0, 0.05) is 38.3 Å². The molecule has 0 fully saturated rings. The normalized spacial score (nSPS) is 13.0. The highest BCUT2D eigenvalue weighted by Crippen LogP contribution is 2.39. The SMILES string of the molecule is c1ccc2c(c#1)c1ccc(-n3c4ccccc4c4cc(-c5cccc(-c6ccc(C7=CC=CCC7)cc6)c5)ccc43)cc1n2-c1ccc2oc3ccccc3c2c1. The third kappa shape index (κ3) is 5.01. The summed E-state index contributed by atoms with van der Waals surface area (Å²) in [5.74, 6) is 0. The maximum Gasteiger partial charge on any atom is 0.135 e. The number of hydrogen-bond acceptors (Lipinski definition) is 1. The predicted molar refractivity (Wildman–Crippen MR) is 237 cm³/mol. The molecular weight excluding hydrogens is 693 g/mol. The zero-order valence-corrected chi connectivity index (χ0v) is 31.0. The number of hydrogen-bond donors (Lipinski definition) is 0. The second kappa shape index (κ2) is 12.5. The molecule has 0 saturated carbocycles. The van der Waals surface area contributed by atoms with Crippen LogP contribution in [0.4, 0.5) is 0 Å². The lowest BCUT2D eigenvalue weighted by Gasteiger charge is -2.12. The van der Waals surface area contributed by atoms with Gasteiger partial charge in [-0.2, -0.15) is 0 Å². The van der Waals surface area contributed by atoms with Crippen molar-refractivity contribution >= 4 is 71.1 Å². The van der Waals surface area contributed by atoms with Crippen LogP contribution in [-0.2, 0) is 0 Å². The maximum absolute atomic E-state index is 6.21. The lowest BCUT2D eigenvalue weighted by molar-refractivity contribution is 0.669. The average Bonchev–Trinajstić information content (AvgIpc) is 3.93. The molecule has 1 aliphatic rings. The van der Waals surface area contributed by atoms with Crippen LogP contribution in [0.15, 0.2) is 186 Å². The molecule has 0 bridgehead atoms. The number of benzene rings is 7. The topological polar surface area (TPSA) is 23.0 Å². The Balaban J connectivity index is 0.989. The smallest absolute Gasteiger partial charge is 0.135 e. The van der Waals surface area contributed by atoms with Gasteiger partial charge in [0.25, 0.3) is 0 Å². The summed E-state index contributed by atoms with van der Waals surface area (Å²) < 4.78 is 11.0. The molecule has 0 unspecified atom stereocenters. The van der Waals surface area contributed by atoms with Crippen molar-refractivity contribution < 1.29 is 4.42 Å². The third-order valence-electron chi connectivity index (χ3n) is 11.9. The molecule has 0 radical (unpaired) electrons. The van der Waals surface area contributed by atoms with Crippen LogP contribution in [0, 0.1) is 12.1 Å². The highest BCUT2D eigenvalue weighted by atomic mass is 16.3. The lowest BCUT2D eigenvalue weighted by atomic mass is 9.94. The Morgan fingerprint density at radius 1 is 0.456 bits per heavy atom. The summed E-state index contributed by atoms with van der Waals surface area (Å²) in [6.07, 6.45) is 8.86. The van der Waals surface area contributed by atoms with Crippen LogP contribution in [0.1, 0.15) is 18.4 Å². The molecule has 57 heavy (non-hydrogen) atoms. The van der Waals surface area contributed by atoms with E-state index in [9.17, 15) is 0 Å². The summed E-state index contributed by atoms with van der Waals surface area (Å²) in [6.45, 7) is 0. The summed E-state index contributed by atoms with van der Waals surface area (Å²) in [7, 11) is 0. The van der Waals surface area contributed by atoms with Crippen LogP contribution in [0.25, 0.3) is 105 Å². The molecule has 0 amide bonds.